The first kappa shape index (κ1) is 32.5. The van der Waals surface area contributed by atoms with Gasteiger partial charge in [0.15, 0.2) is 0 Å². The number of hydrogen-bond acceptors (Lipinski definition) is 3. The molecule has 6 rings (SSSR count). The molecule has 246 valence electrons. The summed E-state index contributed by atoms with van der Waals surface area (Å²) in [6.45, 7) is 3.64. The van der Waals surface area contributed by atoms with Gasteiger partial charge in [0.1, 0.15) is 11.9 Å². The smallest absolute Gasteiger partial charge is 0.222 e. The van der Waals surface area contributed by atoms with Crippen LogP contribution in [0.2, 0.25) is 0 Å². The first-order valence-corrected chi connectivity index (χ1v) is 18.3. The van der Waals surface area contributed by atoms with E-state index in [1.807, 2.05) is 18.2 Å². The van der Waals surface area contributed by atoms with Crippen LogP contribution in [0.25, 0.3) is 0 Å². The maximum atomic E-state index is 16.1. The highest BCUT2D eigenvalue weighted by molar-refractivity contribution is 5.76. The third-order valence-electron chi connectivity index (χ3n) is 12.6. The van der Waals surface area contributed by atoms with Gasteiger partial charge in [-0.15, -0.1) is 0 Å². The topological polar surface area (TPSA) is 60.8 Å². The van der Waals surface area contributed by atoms with E-state index in [2.05, 4.69) is 36.1 Å². The number of phenolic OH excluding ortho intramolecular Hbond substituents is 1. The second-order valence-corrected chi connectivity index (χ2v) is 15.4. The predicted molar refractivity (Wildman–Crippen MR) is 179 cm³/mol. The molecule has 0 radical (unpaired) electrons. The van der Waals surface area contributed by atoms with Gasteiger partial charge in [-0.25, -0.2) is 4.39 Å². The van der Waals surface area contributed by atoms with Gasteiger partial charge in [-0.2, -0.15) is 0 Å². The summed E-state index contributed by atoms with van der Waals surface area (Å²) in [5, 5.41) is 21.2. The van der Waals surface area contributed by atoms with Crippen LogP contribution in [0.3, 0.4) is 0 Å². The molecular weight excluding hydrogens is 561 g/mol. The lowest BCUT2D eigenvalue weighted by molar-refractivity contribution is -0.132. The summed E-state index contributed by atoms with van der Waals surface area (Å²) in [5.41, 5.74) is 3.08. The SMILES string of the molecule is C[C@]12C[C@H](F)C3c4ccc(O)cc4C[C@@H](CCCCCCN(Cc4ccccc4)C(=O)CCC4CCCCC4)C3C1CC[C@@H]2O. The van der Waals surface area contributed by atoms with Crippen LogP contribution in [0.4, 0.5) is 4.39 Å². The Kier molecular flexibility index (Phi) is 10.5. The number of aliphatic hydroxyl groups is 1. The first-order valence-electron chi connectivity index (χ1n) is 18.3. The molecule has 0 heterocycles. The van der Waals surface area contributed by atoms with E-state index in [4.69, 9.17) is 0 Å². The quantitative estimate of drug-likeness (QED) is 0.234. The zero-order valence-electron chi connectivity index (χ0n) is 27.5. The monoisotopic (exact) mass is 617 g/mol. The number of unbranched alkanes of at least 4 members (excludes halogenated alkanes) is 3. The number of carbonyl (C=O) groups excluding carboxylic acids is 1. The van der Waals surface area contributed by atoms with Gasteiger partial charge in [0.25, 0.3) is 0 Å². The van der Waals surface area contributed by atoms with E-state index < -0.39 is 12.3 Å². The molecule has 1 amide bonds. The van der Waals surface area contributed by atoms with Gasteiger partial charge < -0.3 is 15.1 Å². The van der Waals surface area contributed by atoms with Gasteiger partial charge in [0.2, 0.25) is 5.91 Å². The minimum Gasteiger partial charge on any atom is -0.508 e. The maximum Gasteiger partial charge on any atom is 0.222 e. The number of hydrogen-bond donors (Lipinski definition) is 2. The van der Waals surface area contributed by atoms with Crippen molar-refractivity contribution >= 4 is 5.91 Å². The summed E-state index contributed by atoms with van der Waals surface area (Å²) in [6.07, 6.45) is 15.4. The van der Waals surface area contributed by atoms with Crippen LogP contribution in [-0.2, 0) is 17.8 Å². The molecule has 7 atom stereocenters. The minimum absolute atomic E-state index is 0.131. The van der Waals surface area contributed by atoms with Crippen LogP contribution < -0.4 is 0 Å². The van der Waals surface area contributed by atoms with Crippen molar-refractivity contribution in [2.75, 3.05) is 6.54 Å². The lowest BCUT2D eigenvalue weighted by Crippen LogP contribution is -2.51. The molecule has 3 saturated carbocycles. The fraction of sp³-hybridized carbons (Fsp3) is 0.675. The first-order chi connectivity index (χ1) is 21.8. The molecule has 2 aromatic carbocycles. The summed E-state index contributed by atoms with van der Waals surface area (Å²) in [4.78, 5) is 15.5. The Labute approximate surface area is 270 Å². The highest BCUT2D eigenvalue weighted by Gasteiger charge is 2.59. The summed E-state index contributed by atoms with van der Waals surface area (Å²) < 4.78 is 16.1. The number of halogens is 1. The van der Waals surface area contributed by atoms with E-state index in [0.717, 1.165) is 81.4 Å². The van der Waals surface area contributed by atoms with E-state index in [0.29, 0.717) is 37.1 Å². The fourth-order valence-electron chi connectivity index (χ4n) is 10.2. The van der Waals surface area contributed by atoms with Gasteiger partial charge in [-0.1, -0.05) is 94.7 Å². The lowest BCUT2D eigenvalue weighted by Gasteiger charge is -2.54. The van der Waals surface area contributed by atoms with Crippen molar-refractivity contribution in [2.45, 2.75) is 134 Å². The number of benzene rings is 2. The van der Waals surface area contributed by atoms with Crippen molar-refractivity contribution in [3.63, 3.8) is 0 Å². The second-order valence-electron chi connectivity index (χ2n) is 15.4. The Bertz CT molecular complexity index is 1260. The summed E-state index contributed by atoms with van der Waals surface area (Å²) >= 11 is 0. The van der Waals surface area contributed by atoms with Crippen LogP contribution in [0.15, 0.2) is 48.5 Å². The van der Waals surface area contributed by atoms with Crippen molar-refractivity contribution in [3.05, 3.63) is 65.2 Å². The molecule has 5 heteroatoms. The Hall–Kier alpha value is -2.40. The van der Waals surface area contributed by atoms with E-state index >= 15 is 4.39 Å². The van der Waals surface area contributed by atoms with Crippen LogP contribution in [0.5, 0.6) is 5.75 Å². The zero-order valence-corrected chi connectivity index (χ0v) is 27.5. The molecule has 0 aliphatic heterocycles. The molecule has 4 aliphatic carbocycles. The normalized spacial score (nSPS) is 31.2. The van der Waals surface area contributed by atoms with Gasteiger partial charge in [0.05, 0.1) is 6.10 Å². The van der Waals surface area contributed by atoms with Crippen molar-refractivity contribution < 1.29 is 19.4 Å². The van der Waals surface area contributed by atoms with E-state index in [9.17, 15) is 15.0 Å². The van der Waals surface area contributed by atoms with Crippen molar-refractivity contribution in [2.24, 2.45) is 29.1 Å². The Balaban J connectivity index is 1.05. The Morgan fingerprint density at radius 3 is 2.53 bits per heavy atom. The number of nitrogens with zero attached hydrogens (tertiary/aromatic N) is 1. The molecule has 0 spiro atoms. The van der Waals surface area contributed by atoms with Crippen molar-refractivity contribution in [3.8, 4) is 5.75 Å². The number of aliphatic hydroxyl groups excluding tert-OH is 1. The van der Waals surface area contributed by atoms with Crippen LogP contribution >= 0.6 is 0 Å². The summed E-state index contributed by atoms with van der Waals surface area (Å²) in [7, 11) is 0. The molecular formula is C40H56FNO3. The van der Waals surface area contributed by atoms with Gasteiger partial charge in [0, 0.05) is 25.4 Å². The molecule has 45 heavy (non-hydrogen) atoms. The Morgan fingerprint density at radius 2 is 1.73 bits per heavy atom. The molecule has 3 unspecified atom stereocenters. The van der Waals surface area contributed by atoms with E-state index in [-0.39, 0.29) is 23.0 Å². The summed E-state index contributed by atoms with van der Waals surface area (Å²) in [5.74, 6) is 2.13. The fourth-order valence-corrected chi connectivity index (χ4v) is 10.2. The van der Waals surface area contributed by atoms with E-state index in [1.54, 1.807) is 6.07 Å². The predicted octanol–water partition coefficient (Wildman–Crippen LogP) is 9.12. The zero-order chi connectivity index (χ0) is 31.4. The standard InChI is InChI=1S/C40H56FNO3/c1-40-26-35(41)39-33-19-18-32(43)25-31(33)24-30(38(39)34(40)20-21-36(40)44)16-10-2-3-11-23-42(27-29-14-8-5-9-15-29)37(45)22-17-28-12-6-4-7-13-28/h5,8-9,14-15,18-19,25,28,30,34-36,38-39,43-44H,2-4,6-7,10-13,16-17,20-24,26-27H2,1H3/t30-,34?,35+,36+,38?,39?,40+/m1/s1. The molecule has 2 aromatic rings. The van der Waals surface area contributed by atoms with Gasteiger partial charge in [-0.3, -0.25) is 4.79 Å². The Morgan fingerprint density at radius 1 is 0.956 bits per heavy atom. The van der Waals surface area contributed by atoms with Gasteiger partial charge >= 0.3 is 0 Å². The average Bonchev–Trinajstić information content (AvgIpc) is 3.34. The minimum atomic E-state index is -0.957. The third kappa shape index (κ3) is 7.29. The van der Waals surface area contributed by atoms with Crippen LogP contribution in [0, 0.1) is 29.1 Å². The number of amides is 1. The number of phenols is 1. The number of aromatic hydroxyl groups is 1. The van der Waals surface area contributed by atoms with Crippen LogP contribution in [-0.4, -0.2) is 39.8 Å². The van der Waals surface area contributed by atoms with Crippen molar-refractivity contribution in [1.29, 1.82) is 0 Å². The highest BCUT2D eigenvalue weighted by Crippen LogP contribution is 2.63. The average molecular weight is 618 g/mol. The molecule has 2 N–H and O–H groups in total. The highest BCUT2D eigenvalue weighted by atomic mass is 19.1. The summed E-state index contributed by atoms with van der Waals surface area (Å²) in [6, 6.07) is 16.0. The van der Waals surface area contributed by atoms with Crippen LogP contribution in [0.1, 0.15) is 126 Å². The number of alkyl halides is 1. The van der Waals surface area contributed by atoms with Gasteiger partial charge in [-0.05, 0) is 103 Å². The molecule has 0 bridgehead atoms. The van der Waals surface area contributed by atoms with Crippen molar-refractivity contribution in [1.82, 2.24) is 4.90 Å². The molecule has 4 nitrogen and oxygen atoms in total. The number of carbonyl (C=O) groups is 1. The molecule has 0 aromatic heterocycles. The van der Waals surface area contributed by atoms with E-state index in [1.165, 1.54) is 37.7 Å². The number of fused-ring (bicyclic) bond motifs is 5. The maximum absolute atomic E-state index is 16.1. The molecule has 4 aliphatic rings. The molecule has 0 saturated heterocycles. The molecule has 3 fully saturated rings. The second kappa shape index (κ2) is 14.6. The lowest BCUT2D eigenvalue weighted by atomic mass is 9.51. The third-order valence-corrected chi connectivity index (χ3v) is 12.6. The number of rotatable bonds is 12. The largest absolute Gasteiger partial charge is 0.508 e.